The van der Waals surface area contributed by atoms with E-state index in [2.05, 4.69) is 20.9 Å². The minimum Gasteiger partial charge on any atom is -0.384 e. The number of thioether (sulfide) groups is 1. The highest BCUT2D eigenvalue weighted by Gasteiger charge is 2.18. The second kappa shape index (κ2) is 5.73. The van der Waals surface area contributed by atoms with Crippen LogP contribution in [-0.4, -0.2) is 40.4 Å². The van der Waals surface area contributed by atoms with Crippen molar-refractivity contribution < 1.29 is 4.79 Å². The molecule has 2 rings (SSSR count). The van der Waals surface area contributed by atoms with Crippen molar-refractivity contribution in [3.8, 4) is 0 Å². The Bertz CT molecular complexity index is 399. The summed E-state index contributed by atoms with van der Waals surface area (Å²) in [6, 6.07) is 3.35. The topological polar surface area (TPSA) is 59.2 Å². The lowest BCUT2D eigenvalue weighted by Gasteiger charge is -2.20. The van der Waals surface area contributed by atoms with E-state index in [-0.39, 0.29) is 5.91 Å². The molecule has 0 radical (unpaired) electrons. The van der Waals surface area contributed by atoms with Crippen molar-refractivity contribution in [3.05, 3.63) is 22.3 Å². The number of amides is 1. The quantitative estimate of drug-likeness (QED) is 0.805. The Balaban J connectivity index is 2.17. The van der Waals surface area contributed by atoms with Crippen molar-refractivity contribution in [2.24, 2.45) is 0 Å². The van der Waals surface area contributed by atoms with Crippen molar-refractivity contribution in [1.29, 1.82) is 0 Å². The largest absolute Gasteiger partial charge is 0.384 e. The first-order valence-corrected chi connectivity index (χ1v) is 7.41. The summed E-state index contributed by atoms with van der Waals surface area (Å²) in [4.78, 5) is 18.2. The molecule has 0 atom stereocenters. The molecule has 1 aliphatic heterocycles. The van der Waals surface area contributed by atoms with Crippen LogP contribution in [0, 0.1) is 0 Å². The molecule has 0 spiro atoms. The maximum atomic E-state index is 12.3. The van der Waals surface area contributed by atoms with Crippen LogP contribution in [-0.2, 0) is 0 Å². The van der Waals surface area contributed by atoms with E-state index in [1.54, 1.807) is 12.1 Å². The van der Waals surface area contributed by atoms with Crippen molar-refractivity contribution in [2.75, 3.05) is 30.3 Å². The summed E-state index contributed by atoms with van der Waals surface area (Å²) in [6.45, 7) is 1.63. The third kappa shape index (κ3) is 3.35. The van der Waals surface area contributed by atoms with Crippen LogP contribution in [0.25, 0.3) is 0 Å². The monoisotopic (exact) mass is 315 g/mol. The third-order valence-electron chi connectivity index (χ3n) is 2.57. The van der Waals surface area contributed by atoms with Crippen LogP contribution < -0.4 is 5.73 Å². The van der Waals surface area contributed by atoms with Gasteiger partial charge in [0.25, 0.3) is 5.91 Å². The van der Waals surface area contributed by atoms with Gasteiger partial charge in [0.15, 0.2) is 0 Å². The number of nitrogen functional groups attached to an aromatic ring is 1. The summed E-state index contributed by atoms with van der Waals surface area (Å²) in [5, 5.41) is 0. The summed E-state index contributed by atoms with van der Waals surface area (Å²) < 4.78 is 0.602. The summed E-state index contributed by atoms with van der Waals surface area (Å²) >= 11 is 5.15. The Labute approximate surface area is 113 Å². The molecule has 1 aromatic rings. The van der Waals surface area contributed by atoms with Crippen LogP contribution in [0.4, 0.5) is 5.82 Å². The zero-order chi connectivity index (χ0) is 12.3. The molecule has 1 fully saturated rings. The number of carbonyl (C=O) groups is 1. The fraction of sp³-hybridized carbons (Fsp3) is 0.455. The standard InChI is InChI=1S/C11H14BrN3OS/c12-9-6-8(7-10(13)14-9)11(16)15-2-1-4-17-5-3-15/h6-7H,1-5H2,(H2,13,14). The number of pyridine rings is 1. The summed E-state index contributed by atoms with van der Waals surface area (Å²) in [5.74, 6) is 2.55. The van der Waals surface area contributed by atoms with Crippen LogP contribution in [0.5, 0.6) is 0 Å². The minimum atomic E-state index is 0.0438. The second-order valence-corrected chi connectivity index (χ2v) is 5.90. The molecule has 2 heterocycles. The number of carbonyl (C=O) groups excluding carboxylic acids is 1. The van der Waals surface area contributed by atoms with Gasteiger partial charge in [0, 0.05) is 24.4 Å². The first-order valence-electron chi connectivity index (χ1n) is 5.47. The number of nitrogens with zero attached hydrogens (tertiary/aromatic N) is 2. The van der Waals surface area contributed by atoms with Gasteiger partial charge < -0.3 is 10.6 Å². The van der Waals surface area contributed by atoms with Crippen molar-refractivity contribution in [2.45, 2.75) is 6.42 Å². The fourth-order valence-corrected chi connectivity index (χ4v) is 3.11. The van der Waals surface area contributed by atoms with Crippen molar-refractivity contribution in [3.63, 3.8) is 0 Å². The second-order valence-electron chi connectivity index (χ2n) is 3.86. The molecular formula is C11H14BrN3OS. The third-order valence-corrected chi connectivity index (χ3v) is 4.03. The molecule has 1 aliphatic rings. The molecule has 4 nitrogen and oxygen atoms in total. The number of aromatic nitrogens is 1. The number of halogens is 1. The Morgan fingerprint density at radius 3 is 3.00 bits per heavy atom. The molecule has 1 amide bonds. The molecule has 2 N–H and O–H groups in total. The van der Waals surface area contributed by atoms with Gasteiger partial charge in [-0.05, 0) is 40.2 Å². The van der Waals surface area contributed by atoms with Crippen molar-refractivity contribution >= 4 is 39.4 Å². The van der Waals surface area contributed by atoms with Gasteiger partial charge in [0.1, 0.15) is 10.4 Å². The summed E-state index contributed by atoms with van der Waals surface area (Å²) in [6.07, 6.45) is 1.05. The first kappa shape index (κ1) is 12.7. The summed E-state index contributed by atoms with van der Waals surface area (Å²) in [7, 11) is 0. The molecule has 17 heavy (non-hydrogen) atoms. The van der Waals surface area contributed by atoms with Gasteiger partial charge in [-0.2, -0.15) is 11.8 Å². The SMILES string of the molecule is Nc1cc(C(=O)N2CCCSCC2)cc(Br)n1. The lowest BCUT2D eigenvalue weighted by atomic mass is 10.2. The molecule has 1 saturated heterocycles. The van der Waals surface area contributed by atoms with Gasteiger partial charge in [0.05, 0.1) is 0 Å². The van der Waals surface area contributed by atoms with Gasteiger partial charge in [-0.1, -0.05) is 0 Å². The van der Waals surface area contributed by atoms with Gasteiger partial charge in [-0.3, -0.25) is 4.79 Å². The lowest BCUT2D eigenvalue weighted by Crippen LogP contribution is -2.33. The van der Waals surface area contributed by atoms with Gasteiger partial charge in [0.2, 0.25) is 0 Å². The number of rotatable bonds is 1. The molecule has 92 valence electrons. The number of hydrogen-bond donors (Lipinski definition) is 1. The van der Waals surface area contributed by atoms with Crippen molar-refractivity contribution in [1.82, 2.24) is 9.88 Å². The smallest absolute Gasteiger partial charge is 0.254 e. The van der Waals surface area contributed by atoms with E-state index in [4.69, 9.17) is 5.73 Å². The van der Waals surface area contributed by atoms with E-state index in [9.17, 15) is 4.79 Å². The maximum absolute atomic E-state index is 12.3. The molecule has 6 heteroatoms. The maximum Gasteiger partial charge on any atom is 0.254 e. The molecule has 0 unspecified atom stereocenters. The van der Waals surface area contributed by atoms with Gasteiger partial charge in [-0.15, -0.1) is 0 Å². The Morgan fingerprint density at radius 2 is 2.24 bits per heavy atom. The van der Waals surface area contributed by atoms with Crippen LogP contribution in [0.15, 0.2) is 16.7 Å². The van der Waals surface area contributed by atoms with E-state index in [0.717, 1.165) is 31.0 Å². The van der Waals surface area contributed by atoms with E-state index >= 15 is 0 Å². The van der Waals surface area contributed by atoms with E-state index < -0.39 is 0 Å². The lowest BCUT2D eigenvalue weighted by molar-refractivity contribution is 0.0768. The number of nitrogens with two attached hydrogens (primary N) is 1. The summed E-state index contributed by atoms with van der Waals surface area (Å²) in [5.41, 5.74) is 6.25. The zero-order valence-corrected chi connectivity index (χ0v) is 11.8. The van der Waals surface area contributed by atoms with Crippen LogP contribution in [0.2, 0.25) is 0 Å². The van der Waals surface area contributed by atoms with Gasteiger partial charge >= 0.3 is 0 Å². The van der Waals surface area contributed by atoms with Gasteiger partial charge in [-0.25, -0.2) is 4.98 Å². The van der Waals surface area contributed by atoms with Crippen LogP contribution >= 0.6 is 27.7 Å². The van der Waals surface area contributed by atoms with E-state index in [1.807, 2.05) is 16.7 Å². The highest BCUT2D eigenvalue weighted by Crippen LogP contribution is 2.17. The fourth-order valence-electron chi connectivity index (χ4n) is 1.77. The molecule has 0 aromatic carbocycles. The van der Waals surface area contributed by atoms with Crippen LogP contribution in [0.3, 0.4) is 0 Å². The molecule has 0 saturated carbocycles. The number of anilines is 1. The molecule has 0 bridgehead atoms. The molecule has 0 aliphatic carbocycles. The van der Waals surface area contributed by atoms with E-state index in [1.165, 1.54) is 0 Å². The number of hydrogen-bond acceptors (Lipinski definition) is 4. The molecule has 1 aromatic heterocycles. The predicted molar refractivity (Wildman–Crippen MR) is 74.2 cm³/mol. The first-order chi connectivity index (χ1) is 8.16. The highest BCUT2D eigenvalue weighted by atomic mass is 79.9. The average Bonchev–Trinajstić information content (AvgIpc) is 2.55. The predicted octanol–water partition coefficient (Wildman–Crippen LogP) is 2.01. The Kier molecular flexibility index (Phi) is 4.28. The molecular weight excluding hydrogens is 302 g/mol. The van der Waals surface area contributed by atoms with E-state index in [0.29, 0.717) is 16.0 Å². The average molecular weight is 316 g/mol. The Hall–Kier alpha value is -0.750. The van der Waals surface area contributed by atoms with Crippen LogP contribution in [0.1, 0.15) is 16.8 Å². The zero-order valence-electron chi connectivity index (χ0n) is 9.36. The minimum absolute atomic E-state index is 0.0438. The Morgan fingerprint density at radius 1 is 1.41 bits per heavy atom. The highest BCUT2D eigenvalue weighted by molar-refractivity contribution is 9.10. The normalized spacial score (nSPS) is 16.6.